The zero-order valence-electron chi connectivity index (χ0n) is 17.2. The smallest absolute Gasteiger partial charge is 0.312 e. The third kappa shape index (κ3) is 4.38. The van der Waals surface area contributed by atoms with Crippen molar-refractivity contribution in [2.45, 2.75) is 18.4 Å². The van der Waals surface area contributed by atoms with Gasteiger partial charge in [-0.25, -0.2) is 18.0 Å². The largest absolute Gasteiger partial charge is 0.367 e. The van der Waals surface area contributed by atoms with Crippen molar-refractivity contribution in [2.24, 2.45) is 12.8 Å². The molecule has 0 aliphatic carbocycles. The van der Waals surface area contributed by atoms with Crippen molar-refractivity contribution in [3.05, 3.63) is 70.6 Å². The second kappa shape index (κ2) is 8.74. The van der Waals surface area contributed by atoms with Crippen molar-refractivity contribution in [2.75, 3.05) is 18.0 Å². The van der Waals surface area contributed by atoms with Crippen LogP contribution in [0.5, 0.6) is 0 Å². The zero-order chi connectivity index (χ0) is 23.0. The van der Waals surface area contributed by atoms with Crippen LogP contribution in [0.3, 0.4) is 0 Å². The second-order valence-electron chi connectivity index (χ2n) is 7.80. The topological polar surface area (TPSA) is 76.2 Å². The molecule has 10 heteroatoms. The maximum Gasteiger partial charge on any atom is 0.312 e. The first-order valence-electron chi connectivity index (χ1n) is 9.98. The van der Waals surface area contributed by atoms with Crippen molar-refractivity contribution in [3.8, 4) is 11.3 Å². The highest BCUT2D eigenvalue weighted by Gasteiger charge is 2.33. The number of carbonyl (C=O) groups is 1. The Morgan fingerprint density at radius 2 is 1.94 bits per heavy atom. The summed E-state index contributed by atoms with van der Waals surface area (Å²) in [6.45, 7) is 0.689. The number of nitrogens with one attached hydrogen (secondary N) is 1. The second-order valence-corrected chi connectivity index (χ2v) is 8.20. The molecule has 0 bridgehead atoms. The Bertz CT molecular complexity index is 1170. The van der Waals surface area contributed by atoms with Crippen LogP contribution >= 0.6 is 11.6 Å². The van der Waals surface area contributed by atoms with Crippen molar-refractivity contribution < 1.29 is 18.0 Å². The van der Waals surface area contributed by atoms with E-state index in [1.807, 2.05) is 0 Å². The minimum atomic E-state index is -0.961. The fraction of sp³-hybridized carbons (Fsp3) is 0.273. The van der Waals surface area contributed by atoms with Crippen LogP contribution in [0.4, 0.5) is 23.7 Å². The molecule has 32 heavy (non-hydrogen) atoms. The molecule has 0 saturated carbocycles. The summed E-state index contributed by atoms with van der Waals surface area (Å²) in [6.07, 6.45) is 2.11. The number of halogens is 4. The van der Waals surface area contributed by atoms with Gasteiger partial charge in [0.1, 0.15) is 11.5 Å². The third-order valence-electron chi connectivity index (χ3n) is 5.66. The quantitative estimate of drug-likeness (QED) is 0.609. The van der Waals surface area contributed by atoms with Crippen LogP contribution in [0.25, 0.3) is 11.3 Å². The van der Waals surface area contributed by atoms with E-state index in [-0.39, 0.29) is 12.5 Å². The van der Waals surface area contributed by atoms with E-state index in [4.69, 9.17) is 17.3 Å². The maximum absolute atomic E-state index is 15.0. The lowest BCUT2D eigenvalue weighted by atomic mass is 9.85. The van der Waals surface area contributed by atoms with E-state index >= 15 is 4.39 Å². The molecule has 1 fully saturated rings. The highest BCUT2D eigenvalue weighted by molar-refractivity contribution is 6.33. The molecule has 2 aromatic carbocycles. The monoisotopic (exact) mass is 463 g/mol. The molecule has 0 radical (unpaired) electrons. The number of hydrogen-bond donors (Lipinski definition) is 2. The Morgan fingerprint density at radius 3 is 2.56 bits per heavy atom. The predicted octanol–water partition coefficient (Wildman–Crippen LogP) is 4.19. The first-order chi connectivity index (χ1) is 15.2. The number of anilines is 1. The van der Waals surface area contributed by atoms with E-state index < -0.39 is 29.5 Å². The maximum atomic E-state index is 15.0. The van der Waals surface area contributed by atoms with Gasteiger partial charge in [-0.05, 0) is 36.2 Å². The van der Waals surface area contributed by atoms with Gasteiger partial charge in [0, 0.05) is 37.8 Å². The van der Waals surface area contributed by atoms with Crippen LogP contribution in [0, 0.1) is 17.5 Å². The molecular formula is C22H21ClF3N5O. The molecule has 3 aromatic rings. The van der Waals surface area contributed by atoms with Crippen LogP contribution in [-0.2, 0) is 7.05 Å². The Labute approximate surface area is 187 Å². The number of amides is 2. The number of urea groups is 1. The standard InChI is InChI=1S/C22H21ClF3N5O/c1-30-10-15(23)21(29-30)13-3-5-20(18(26)9-13)31-7-6-14(19(11-31)28-22(27)32)12-2-4-16(24)17(25)8-12/h2-5,8-10,14,19H,6-7,11H2,1H3,(H3,27,28,32)/t14-,19-/m1/s1. The summed E-state index contributed by atoms with van der Waals surface area (Å²) < 4.78 is 43.7. The summed E-state index contributed by atoms with van der Waals surface area (Å²) in [5.41, 5.74) is 7.25. The van der Waals surface area contributed by atoms with E-state index in [0.717, 1.165) is 12.1 Å². The van der Waals surface area contributed by atoms with E-state index in [1.54, 1.807) is 35.0 Å². The molecule has 2 amide bonds. The van der Waals surface area contributed by atoms with E-state index in [1.165, 1.54) is 12.1 Å². The summed E-state index contributed by atoms with van der Waals surface area (Å²) in [5.74, 6) is -2.67. The molecule has 0 spiro atoms. The Hall–Kier alpha value is -3.20. The number of nitrogens with two attached hydrogens (primary N) is 1. The summed E-state index contributed by atoms with van der Waals surface area (Å²) in [6, 6.07) is 7.12. The average Bonchev–Trinajstić information content (AvgIpc) is 3.07. The first kappa shape index (κ1) is 22.0. The van der Waals surface area contributed by atoms with Crippen LogP contribution < -0.4 is 16.0 Å². The molecule has 6 nitrogen and oxygen atoms in total. The van der Waals surface area contributed by atoms with Crippen LogP contribution in [0.15, 0.2) is 42.6 Å². The Kier molecular flexibility index (Phi) is 6.01. The molecule has 2 heterocycles. The lowest BCUT2D eigenvalue weighted by Crippen LogP contribution is -2.53. The summed E-state index contributed by atoms with van der Waals surface area (Å²) in [4.78, 5) is 13.4. The average molecular weight is 464 g/mol. The summed E-state index contributed by atoms with van der Waals surface area (Å²) in [5, 5.41) is 7.32. The number of nitrogens with zero attached hydrogens (tertiary/aromatic N) is 3. The Morgan fingerprint density at radius 1 is 1.16 bits per heavy atom. The number of hydrogen-bond acceptors (Lipinski definition) is 3. The zero-order valence-corrected chi connectivity index (χ0v) is 17.9. The molecule has 168 valence electrons. The lowest BCUT2D eigenvalue weighted by Gasteiger charge is -2.40. The highest BCUT2D eigenvalue weighted by Crippen LogP contribution is 2.34. The molecule has 1 aliphatic rings. The minimum absolute atomic E-state index is 0.243. The van der Waals surface area contributed by atoms with Gasteiger partial charge in [0.25, 0.3) is 0 Å². The van der Waals surface area contributed by atoms with E-state index in [9.17, 15) is 13.6 Å². The van der Waals surface area contributed by atoms with E-state index in [0.29, 0.717) is 40.5 Å². The number of primary amides is 1. The van der Waals surface area contributed by atoms with Gasteiger partial charge in [0.05, 0.1) is 16.8 Å². The first-order valence-corrected chi connectivity index (χ1v) is 10.4. The molecule has 1 aromatic heterocycles. The van der Waals surface area contributed by atoms with Crippen LogP contribution in [-0.4, -0.2) is 34.9 Å². The minimum Gasteiger partial charge on any atom is -0.367 e. The van der Waals surface area contributed by atoms with Crippen molar-refractivity contribution in [3.63, 3.8) is 0 Å². The highest BCUT2D eigenvalue weighted by atomic mass is 35.5. The number of rotatable bonds is 4. The van der Waals surface area contributed by atoms with Gasteiger partial charge < -0.3 is 16.0 Å². The van der Waals surface area contributed by atoms with Crippen LogP contribution in [0.1, 0.15) is 17.9 Å². The summed E-state index contributed by atoms with van der Waals surface area (Å²) >= 11 is 6.16. The normalized spacial score (nSPS) is 18.6. The number of aromatic nitrogens is 2. The number of benzene rings is 2. The van der Waals surface area contributed by atoms with Gasteiger partial charge in [-0.15, -0.1) is 0 Å². The van der Waals surface area contributed by atoms with Gasteiger partial charge in [0.2, 0.25) is 0 Å². The van der Waals surface area contributed by atoms with Gasteiger partial charge in [-0.1, -0.05) is 23.7 Å². The van der Waals surface area contributed by atoms with Gasteiger partial charge in [-0.2, -0.15) is 5.10 Å². The molecule has 2 atom stereocenters. The number of aryl methyl sites for hydroxylation is 1. The molecular weight excluding hydrogens is 443 g/mol. The van der Waals surface area contributed by atoms with Crippen molar-refractivity contribution in [1.29, 1.82) is 0 Å². The molecule has 0 unspecified atom stereocenters. The van der Waals surface area contributed by atoms with Gasteiger partial charge in [0.15, 0.2) is 11.6 Å². The van der Waals surface area contributed by atoms with Crippen molar-refractivity contribution >= 4 is 23.3 Å². The predicted molar refractivity (Wildman–Crippen MR) is 116 cm³/mol. The molecule has 4 rings (SSSR count). The number of piperidine rings is 1. The summed E-state index contributed by atoms with van der Waals surface area (Å²) in [7, 11) is 1.73. The van der Waals surface area contributed by atoms with Crippen LogP contribution in [0.2, 0.25) is 5.02 Å². The fourth-order valence-electron chi connectivity index (χ4n) is 4.21. The Balaban J connectivity index is 1.59. The van der Waals surface area contributed by atoms with Gasteiger partial charge >= 0.3 is 6.03 Å². The fourth-order valence-corrected chi connectivity index (χ4v) is 4.50. The number of carbonyl (C=O) groups excluding carboxylic acids is 1. The van der Waals surface area contributed by atoms with Gasteiger partial charge in [-0.3, -0.25) is 4.68 Å². The lowest BCUT2D eigenvalue weighted by molar-refractivity contribution is 0.240. The molecule has 3 N–H and O–H groups in total. The van der Waals surface area contributed by atoms with E-state index in [2.05, 4.69) is 10.4 Å². The third-order valence-corrected chi connectivity index (χ3v) is 5.93. The SMILES string of the molecule is Cn1cc(Cl)c(-c2ccc(N3CC[C@H](c4ccc(F)c(F)c4)[C@H](NC(N)=O)C3)c(F)c2)n1. The van der Waals surface area contributed by atoms with Crippen molar-refractivity contribution in [1.82, 2.24) is 15.1 Å². The molecule has 1 saturated heterocycles. The molecule has 1 aliphatic heterocycles.